The number of rotatable bonds is 6. The lowest BCUT2D eigenvalue weighted by Crippen LogP contribution is -2.40. The van der Waals surface area contributed by atoms with Crippen molar-refractivity contribution in [3.8, 4) is 16.9 Å². The van der Waals surface area contributed by atoms with Crippen LogP contribution in [-0.4, -0.2) is 58.7 Å². The number of imide groups is 1. The summed E-state index contributed by atoms with van der Waals surface area (Å²) in [7, 11) is 0. The Labute approximate surface area is 164 Å². The molecule has 2 unspecified atom stereocenters. The molecule has 2 aromatic carbocycles. The van der Waals surface area contributed by atoms with Crippen molar-refractivity contribution < 1.29 is 19.4 Å². The summed E-state index contributed by atoms with van der Waals surface area (Å²) in [6.45, 7) is 0.602. The second-order valence-electron chi connectivity index (χ2n) is 7.29. The van der Waals surface area contributed by atoms with Crippen molar-refractivity contribution in [1.29, 1.82) is 0 Å². The molecule has 0 aromatic heterocycles. The number of nitrogens with zero attached hydrogens (tertiary/aromatic N) is 2. The fourth-order valence-corrected chi connectivity index (χ4v) is 3.84. The molecule has 6 heteroatoms. The monoisotopic (exact) mass is 380 g/mol. The highest BCUT2D eigenvalue weighted by Gasteiger charge is 2.46. The van der Waals surface area contributed by atoms with Crippen LogP contribution in [0.3, 0.4) is 0 Å². The number of ether oxygens (including phenoxy) is 1. The average Bonchev–Trinajstić information content (AvgIpc) is 2.98. The number of aliphatic hydroxyl groups excluding tert-OH is 1. The molecule has 2 atom stereocenters. The molecular formula is C22H24N2O4. The Morgan fingerprint density at radius 2 is 1.71 bits per heavy atom. The third-order valence-electron chi connectivity index (χ3n) is 5.33. The summed E-state index contributed by atoms with van der Waals surface area (Å²) in [4.78, 5) is 27.7. The zero-order valence-corrected chi connectivity index (χ0v) is 15.7. The van der Waals surface area contributed by atoms with E-state index in [1.54, 1.807) is 4.90 Å². The average molecular weight is 380 g/mol. The fraction of sp³-hybridized carbons (Fsp3) is 0.364. The first-order valence-corrected chi connectivity index (χ1v) is 9.72. The Hall–Kier alpha value is -2.86. The van der Waals surface area contributed by atoms with Crippen molar-refractivity contribution in [2.45, 2.75) is 31.4 Å². The molecule has 2 saturated heterocycles. The third-order valence-corrected chi connectivity index (χ3v) is 5.33. The van der Waals surface area contributed by atoms with Crippen LogP contribution in [0.15, 0.2) is 54.6 Å². The zero-order chi connectivity index (χ0) is 19.5. The normalized spacial score (nSPS) is 20.2. The number of β-amino-alcohol motifs (C(OH)–C–C–N with tert-alkyl or cyclic N) is 1. The first-order chi connectivity index (χ1) is 13.6. The van der Waals surface area contributed by atoms with Gasteiger partial charge >= 0.3 is 6.03 Å². The Morgan fingerprint density at radius 1 is 1.00 bits per heavy atom. The Bertz CT molecular complexity index is 813. The van der Waals surface area contributed by atoms with Gasteiger partial charge in [0.15, 0.2) is 0 Å². The maximum atomic E-state index is 12.4. The van der Waals surface area contributed by atoms with Gasteiger partial charge in [-0.05, 0) is 42.5 Å². The van der Waals surface area contributed by atoms with Gasteiger partial charge in [0.2, 0.25) is 0 Å². The standard InChI is InChI=1S/C22H24N2O4/c25-18(14-24-21(26)20-8-4-5-13-23(20)22(24)27)15-28-19-11-9-17(10-12-19)16-6-2-1-3-7-16/h1-3,6-7,9-12,18,20,25H,4-5,8,13-15H2. The molecule has 3 amide bonds. The summed E-state index contributed by atoms with van der Waals surface area (Å²) in [6.07, 6.45) is 1.66. The number of urea groups is 1. The van der Waals surface area contributed by atoms with Gasteiger partial charge in [0.25, 0.3) is 5.91 Å². The minimum Gasteiger partial charge on any atom is -0.491 e. The van der Waals surface area contributed by atoms with Gasteiger partial charge in [0.1, 0.15) is 24.5 Å². The molecule has 0 aliphatic carbocycles. The number of carbonyl (C=O) groups is 2. The molecule has 2 aromatic rings. The Kier molecular flexibility index (Phi) is 5.30. The van der Waals surface area contributed by atoms with E-state index in [1.807, 2.05) is 54.6 Å². The lowest BCUT2D eigenvalue weighted by Gasteiger charge is -2.26. The smallest absolute Gasteiger partial charge is 0.327 e. The molecule has 2 aliphatic rings. The number of piperidine rings is 1. The molecule has 2 heterocycles. The summed E-state index contributed by atoms with van der Waals surface area (Å²) in [6, 6.07) is 17.0. The molecule has 146 valence electrons. The van der Waals surface area contributed by atoms with Crippen LogP contribution in [0.2, 0.25) is 0 Å². The predicted octanol–water partition coefficient (Wildman–Crippen LogP) is 2.91. The summed E-state index contributed by atoms with van der Waals surface area (Å²) >= 11 is 0. The van der Waals surface area contributed by atoms with Gasteiger partial charge in [-0.25, -0.2) is 4.79 Å². The van der Waals surface area contributed by atoms with Crippen molar-refractivity contribution >= 4 is 11.9 Å². The highest BCUT2D eigenvalue weighted by molar-refractivity contribution is 6.04. The van der Waals surface area contributed by atoms with E-state index < -0.39 is 6.10 Å². The third kappa shape index (κ3) is 3.73. The molecule has 4 rings (SSSR count). The number of hydrogen-bond donors (Lipinski definition) is 1. The maximum absolute atomic E-state index is 12.4. The van der Waals surface area contributed by atoms with Gasteiger partial charge < -0.3 is 14.7 Å². The van der Waals surface area contributed by atoms with E-state index in [0.29, 0.717) is 18.7 Å². The van der Waals surface area contributed by atoms with Crippen molar-refractivity contribution in [1.82, 2.24) is 9.80 Å². The van der Waals surface area contributed by atoms with Crippen LogP contribution >= 0.6 is 0 Å². The fourth-order valence-electron chi connectivity index (χ4n) is 3.84. The number of aliphatic hydroxyl groups is 1. The molecule has 28 heavy (non-hydrogen) atoms. The molecule has 2 aliphatic heterocycles. The summed E-state index contributed by atoms with van der Waals surface area (Å²) < 4.78 is 5.65. The molecule has 2 fully saturated rings. The highest BCUT2D eigenvalue weighted by Crippen LogP contribution is 2.27. The predicted molar refractivity (Wildman–Crippen MR) is 105 cm³/mol. The van der Waals surface area contributed by atoms with Crippen molar-refractivity contribution in [3.63, 3.8) is 0 Å². The molecule has 0 bridgehead atoms. The van der Waals surface area contributed by atoms with E-state index in [0.717, 1.165) is 24.0 Å². The first-order valence-electron chi connectivity index (χ1n) is 9.72. The largest absolute Gasteiger partial charge is 0.491 e. The van der Waals surface area contributed by atoms with Gasteiger partial charge in [-0.3, -0.25) is 9.69 Å². The van der Waals surface area contributed by atoms with Gasteiger partial charge in [-0.2, -0.15) is 0 Å². The van der Waals surface area contributed by atoms with Crippen LogP contribution in [0.1, 0.15) is 19.3 Å². The van der Waals surface area contributed by atoms with Gasteiger partial charge in [0, 0.05) is 6.54 Å². The summed E-state index contributed by atoms with van der Waals surface area (Å²) in [5.74, 6) is 0.436. The van der Waals surface area contributed by atoms with Crippen LogP contribution in [0, 0.1) is 0 Å². The van der Waals surface area contributed by atoms with Gasteiger partial charge in [-0.15, -0.1) is 0 Å². The number of benzene rings is 2. The van der Waals surface area contributed by atoms with E-state index in [1.165, 1.54) is 4.90 Å². The van der Waals surface area contributed by atoms with E-state index in [4.69, 9.17) is 4.74 Å². The molecule has 0 radical (unpaired) electrons. The lowest BCUT2D eigenvalue weighted by molar-refractivity contribution is -0.129. The minimum atomic E-state index is -0.928. The first kappa shape index (κ1) is 18.5. The van der Waals surface area contributed by atoms with Crippen LogP contribution in [-0.2, 0) is 4.79 Å². The molecule has 1 N–H and O–H groups in total. The number of fused-ring (bicyclic) bond motifs is 1. The Morgan fingerprint density at radius 3 is 2.43 bits per heavy atom. The lowest BCUT2D eigenvalue weighted by atomic mass is 10.0. The second kappa shape index (κ2) is 8.02. The summed E-state index contributed by atoms with van der Waals surface area (Å²) in [5.41, 5.74) is 2.20. The van der Waals surface area contributed by atoms with Crippen molar-refractivity contribution in [2.75, 3.05) is 19.7 Å². The van der Waals surface area contributed by atoms with Gasteiger partial charge in [0.05, 0.1) is 6.54 Å². The minimum absolute atomic E-state index is 0.0202. The van der Waals surface area contributed by atoms with Crippen molar-refractivity contribution in [3.05, 3.63) is 54.6 Å². The van der Waals surface area contributed by atoms with Gasteiger partial charge in [-0.1, -0.05) is 42.5 Å². The van der Waals surface area contributed by atoms with Crippen LogP contribution in [0.25, 0.3) is 11.1 Å². The second-order valence-corrected chi connectivity index (χ2v) is 7.29. The van der Waals surface area contributed by atoms with E-state index in [9.17, 15) is 14.7 Å². The SMILES string of the molecule is O=C1C2CCCCN2C(=O)N1CC(O)COc1ccc(-c2ccccc2)cc1. The van der Waals surface area contributed by atoms with E-state index >= 15 is 0 Å². The molecule has 0 saturated carbocycles. The topological polar surface area (TPSA) is 70.1 Å². The molecule has 6 nitrogen and oxygen atoms in total. The highest BCUT2D eigenvalue weighted by atomic mass is 16.5. The number of hydrogen-bond acceptors (Lipinski definition) is 4. The zero-order valence-electron chi connectivity index (χ0n) is 15.7. The van der Waals surface area contributed by atoms with Crippen LogP contribution < -0.4 is 4.74 Å². The molecular weight excluding hydrogens is 356 g/mol. The maximum Gasteiger partial charge on any atom is 0.327 e. The summed E-state index contributed by atoms with van der Waals surface area (Å²) in [5, 5.41) is 10.3. The van der Waals surface area contributed by atoms with Crippen molar-refractivity contribution in [2.24, 2.45) is 0 Å². The quantitative estimate of drug-likeness (QED) is 0.783. The van der Waals surface area contributed by atoms with Crippen LogP contribution in [0.5, 0.6) is 5.75 Å². The van der Waals surface area contributed by atoms with E-state index in [-0.39, 0.29) is 31.1 Å². The molecule has 0 spiro atoms. The number of amides is 3. The van der Waals surface area contributed by atoms with E-state index in [2.05, 4.69) is 0 Å². The Balaban J connectivity index is 1.31. The van der Waals surface area contributed by atoms with Crippen LogP contribution in [0.4, 0.5) is 4.79 Å². The number of carbonyl (C=O) groups excluding carboxylic acids is 2.